The zero-order valence-corrected chi connectivity index (χ0v) is 24.9. The van der Waals surface area contributed by atoms with Crippen molar-refractivity contribution in [2.45, 2.75) is 45.6 Å². The molecule has 1 heterocycles. The van der Waals surface area contributed by atoms with Crippen LogP contribution in [0.25, 0.3) is 21.0 Å². The number of carbonyl (C=O) groups excluding carboxylic acids is 1. The largest absolute Gasteiger partial charge is 0.506 e. The van der Waals surface area contributed by atoms with Crippen molar-refractivity contribution in [1.29, 1.82) is 0 Å². The molecule has 0 saturated carbocycles. The van der Waals surface area contributed by atoms with Gasteiger partial charge in [0.2, 0.25) is 5.91 Å². The van der Waals surface area contributed by atoms with E-state index in [2.05, 4.69) is 76.8 Å². The van der Waals surface area contributed by atoms with Crippen LogP contribution in [0.15, 0.2) is 59.4 Å². The molecule has 1 atom stereocenters. The van der Waals surface area contributed by atoms with Gasteiger partial charge in [-0.1, -0.05) is 73.7 Å². The molecule has 1 amide bonds. The third kappa shape index (κ3) is 8.87. The van der Waals surface area contributed by atoms with Crippen molar-refractivity contribution in [2.75, 3.05) is 45.9 Å². The fourth-order valence-electron chi connectivity index (χ4n) is 5.14. The lowest BCUT2D eigenvalue weighted by molar-refractivity contribution is -0.124. The number of thiazole rings is 1. The van der Waals surface area contributed by atoms with E-state index in [-0.39, 0.29) is 22.6 Å². The van der Waals surface area contributed by atoms with Crippen molar-refractivity contribution < 1.29 is 14.6 Å². The molecule has 0 bridgehead atoms. The summed E-state index contributed by atoms with van der Waals surface area (Å²) in [7, 11) is 0. The standard InChI is InChI=1S/C32H42N4O4S/c1-3-36(4-2)20-15-26(40-21-16-24-10-7-9-23-8-5-6-11-27(23)24)22-29(38)34-19-18-33-17-14-25-12-13-28(37)30-31(25)41-32(39)35-30/h5-13,26,33,37H,3-4,14-22H2,1-2H3,(H,34,38)(H,35,39). The van der Waals surface area contributed by atoms with E-state index < -0.39 is 0 Å². The van der Waals surface area contributed by atoms with E-state index in [0.717, 1.165) is 60.5 Å². The van der Waals surface area contributed by atoms with Crippen LogP contribution in [0.3, 0.4) is 0 Å². The predicted molar refractivity (Wildman–Crippen MR) is 168 cm³/mol. The number of hydrogen-bond acceptors (Lipinski definition) is 7. The topological polar surface area (TPSA) is 107 Å². The summed E-state index contributed by atoms with van der Waals surface area (Å²) in [4.78, 5) is 29.4. The Hall–Kier alpha value is -3.24. The SMILES string of the molecule is CCN(CC)CCC(CC(=O)NCCNCCc1ccc(O)c2[nH]c(=O)sc12)OCCc1cccc2ccccc12. The number of aromatic hydroxyl groups is 1. The van der Waals surface area contributed by atoms with Gasteiger partial charge in [0.15, 0.2) is 0 Å². The minimum Gasteiger partial charge on any atom is -0.506 e. The van der Waals surface area contributed by atoms with E-state index in [1.807, 2.05) is 6.07 Å². The van der Waals surface area contributed by atoms with E-state index in [1.165, 1.54) is 16.3 Å². The average molecular weight is 579 g/mol. The molecular weight excluding hydrogens is 536 g/mol. The Kier molecular flexibility index (Phi) is 11.7. The number of amides is 1. The number of H-pyrrole nitrogens is 1. The number of aromatic nitrogens is 1. The molecule has 1 aromatic heterocycles. The van der Waals surface area contributed by atoms with Crippen molar-refractivity contribution in [3.05, 3.63) is 75.4 Å². The average Bonchev–Trinajstić information content (AvgIpc) is 3.39. The first-order valence-electron chi connectivity index (χ1n) is 14.6. The molecule has 0 radical (unpaired) electrons. The molecule has 0 aliphatic carbocycles. The first-order valence-corrected chi connectivity index (χ1v) is 15.4. The van der Waals surface area contributed by atoms with Gasteiger partial charge in [-0.3, -0.25) is 9.59 Å². The normalized spacial score (nSPS) is 12.4. The third-order valence-electron chi connectivity index (χ3n) is 7.51. The van der Waals surface area contributed by atoms with E-state index >= 15 is 0 Å². The molecule has 4 aromatic rings. The molecular formula is C32H42N4O4S. The summed E-state index contributed by atoms with van der Waals surface area (Å²) in [5.41, 5.74) is 2.77. The lowest BCUT2D eigenvalue weighted by atomic mass is 10.0. The zero-order chi connectivity index (χ0) is 29.0. The fraction of sp³-hybridized carbons (Fsp3) is 0.438. The summed E-state index contributed by atoms with van der Waals surface area (Å²) in [5, 5.41) is 18.8. The van der Waals surface area contributed by atoms with Gasteiger partial charge in [0.1, 0.15) is 11.3 Å². The highest BCUT2D eigenvalue weighted by molar-refractivity contribution is 7.16. The maximum Gasteiger partial charge on any atom is 0.305 e. The summed E-state index contributed by atoms with van der Waals surface area (Å²) < 4.78 is 7.09. The second kappa shape index (κ2) is 15.7. The Morgan fingerprint density at radius 3 is 2.63 bits per heavy atom. The van der Waals surface area contributed by atoms with Gasteiger partial charge in [-0.15, -0.1) is 0 Å². The minimum absolute atomic E-state index is 0.00107. The number of phenolic OH excluding ortho intramolecular Hbond substituents is 1. The van der Waals surface area contributed by atoms with Gasteiger partial charge in [-0.2, -0.15) is 0 Å². The molecule has 0 fully saturated rings. The van der Waals surface area contributed by atoms with Gasteiger partial charge in [-0.25, -0.2) is 0 Å². The van der Waals surface area contributed by atoms with Gasteiger partial charge in [-0.05, 0) is 66.9 Å². The Morgan fingerprint density at radius 2 is 1.80 bits per heavy atom. The number of aromatic amines is 1. The Labute approximate surface area is 245 Å². The molecule has 4 rings (SSSR count). The number of ether oxygens (including phenoxy) is 1. The molecule has 0 aliphatic rings. The van der Waals surface area contributed by atoms with E-state index in [9.17, 15) is 14.7 Å². The molecule has 0 saturated heterocycles. The van der Waals surface area contributed by atoms with Gasteiger partial charge >= 0.3 is 4.87 Å². The predicted octanol–water partition coefficient (Wildman–Crippen LogP) is 4.45. The Morgan fingerprint density at radius 1 is 1.00 bits per heavy atom. The van der Waals surface area contributed by atoms with Crippen molar-refractivity contribution in [2.24, 2.45) is 0 Å². The number of phenols is 1. The molecule has 4 N–H and O–H groups in total. The number of carbonyl (C=O) groups is 1. The number of fused-ring (bicyclic) bond motifs is 2. The second-order valence-electron chi connectivity index (χ2n) is 10.2. The maximum absolute atomic E-state index is 12.8. The number of rotatable bonds is 17. The van der Waals surface area contributed by atoms with Gasteiger partial charge < -0.3 is 30.4 Å². The van der Waals surface area contributed by atoms with Crippen LogP contribution in [0.4, 0.5) is 0 Å². The van der Waals surface area contributed by atoms with E-state index in [0.29, 0.717) is 38.2 Å². The first-order chi connectivity index (χ1) is 20.0. The molecule has 0 spiro atoms. The summed E-state index contributed by atoms with van der Waals surface area (Å²) >= 11 is 1.11. The Balaban J connectivity index is 1.21. The lowest BCUT2D eigenvalue weighted by Gasteiger charge is -2.23. The monoisotopic (exact) mass is 578 g/mol. The van der Waals surface area contributed by atoms with Crippen LogP contribution < -0.4 is 15.5 Å². The van der Waals surface area contributed by atoms with Gasteiger partial charge in [0.05, 0.1) is 23.8 Å². The quantitative estimate of drug-likeness (QED) is 0.138. The summed E-state index contributed by atoms with van der Waals surface area (Å²) in [6, 6.07) is 18.2. The maximum atomic E-state index is 12.8. The van der Waals surface area contributed by atoms with Crippen LogP contribution in [0.1, 0.15) is 37.8 Å². The van der Waals surface area contributed by atoms with Crippen molar-refractivity contribution in [3.8, 4) is 5.75 Å². The number of hydrogen-bond donors (Lipinski definition) is 4. The second-order valence-corrected chi connectivity index (χ2v) is 11.2. The van der Waals surface area contributed by atoms with Crippen molar-refractivity contribution in [3.63, 3.8) is 0 Å². The fourth-order valence-corrected chi connectivity index (χ4v) is 6.04. The zero-order valence-electron chi connectivity index (χ0n) is 24.1. The first kappa shape index (κ1) is 30.7. The van der Waals surface area contributed by atoms with Crippen LogP contribution >= 0.6 is 11.3 Å². The van der Waals surface area contributed by atoms with Crippen LogP contribution in [0.2, 0.25) is 0 Å². The van der Waals surface area contributed by atoms with Crippen LogP contribution in [0.5, 0.6) is 5.75 Å². The lowest BCUT2D eigenvalue weighted by Crippen LogP contribution is -2.36. The molecule has 41 heavy (non-hydrogen) atoms. The van der Waals surface area contributed by atoms with Crippen LogP contribution in [-0.2, 0) is 22.4 Å². The molecule has 0 aliphatic heterocycles. The highest BCUT2D eigenvalue weighted by Crippen LogP contribution is 2.27. The summed E-state index contributed by atoms with van der Waals surface area (Å²) in [6.07, 6.45) is 2.55. The molecule has 3 aromatic carbocycles. The molecule has 1 unspecified atom stereocenters. The van der Waals surface area contributed by atoms with Gasteiger partial charge in [0, 0.05) is 19.6 Å². The molecule has 220 valence electrons. The van der Waals surface area contributed by atoms with E-state index in [4.69, 9.17) is 4.74 Å². The number of nitrogens with zero attached hydrogens (tertiary/aromatic N) is 1. The van der Waals surface area contributed by atoms with E-state index in [1.54, 1.807) is 6.07 Å². The Bertz CT molecular complexity index is 1460. The highest BCUT2D eigenvalue weighted by atomic mass is 32.1. The number of nitrogens with one attached hydrogen (secondary N) is 3. The third-order valence-corrected chi connectivity index (χ3v) is 8.47. The smallest absolute Gasteiger partial charge is 0.305 e. The number of benzene rings is 3. The highest BCUT2D eigenvalue weighted by Gasteiger charge is 2.16. The molecule has 9 heteroatoms. The van der Waals surface area contributed by atoms with Crippen molar-refractivity contribution in [1.82, 2.24) is 20.5 Å². The van der Waals surface area contributed by atoms with Crippen LogP contribution in [0, 0.1) is 0 Å². The van der Waals surface area contributed by atoms with Crippen molar-refractivity contribution >= 4 is 38.2 Å². The minimum atomic E-state index is -0.175. The summed E-state index contributed by atoms with van der Waals surface area (Å²) in [5.74, 6) is 0.0876. The van der Waals surface area contributed by atoms with Gasteiger partial charge in [0.25, 0.3) is 0 Å². The summed E-state index contributed by atoms with van der Waals surface area (Å²) in [6.45, 7) is 9.63. The molecule has 8 nitrogen and oxygen atoms in total. The van der Waals surface area contributed by atoms with Crippen LogP contribution in [-0.4, -0.2) is 72.9 Å².